The molecule has 1 atom stereocenters. The lowest BCUT2D eigenvalue weighted by atomic mass is 10.1. The summed E-state index contributed by atoms with van der Waals surface area (Å²) in [4.78, 5) is 31.6. The smallest absolute Gasteiger partial charge is 0.482 e. The van der Waals surface area contributed by atoms with Gasteiger partial charge in [0.2, 0.25) is 0 Å². The van der Waals surface area contributed by atoms with Gasteiger partial charge in [-0.15, -0.1) is 4.58 Å². The molecule has 4 rings (SSSR count). The largest absolute Gasteiger partial charge is 0.596 e. The van der Waals surface area contributed by atoms with Crippen molar-refractivity contribution in [1.82, 2.24) is 9.88 Å². The van der Waals surface area contributed by atoms with Crippen LogP contribution in [0.15, 0.2) is 30.5 Å². The number of rotatable bonds is 7. The Morgan fingerprint density at radius 1 is 1.24 bits per heavy atom. The fourth-order valence-electron chi connectivity index (χ4n) is 4.40. The Balaban J connectivity index is 1.58. The number of pyridine rings is 1. The van der Waals surface area contributed by atoms with Gasteiger partial charge in [-0.05, 0) is 98.4 Å². The van der Waals surface area contributed by atoms with Crippen LogP contribution in [-0.2, 0) is 4.74 Å². The summed E-state index contributed by atoms with van der Waals surface area (Å²) in [6, 6.07) is 7.53. The number of nitrogens with zero attached hydrogens (tertiary/aromatic N) is 3. The standard InChI is InChI=1S/C28H34IN3O5/c1-17-12-24(21(26(33)34)13-22(17)29)36-25(23-9-8-20(14-30-23)19-6-7-19)16-31-10-11-32(18(2)15-31)27(35)37-28(3,4)5/h8-9,12-14,19,25H,6-7,10-11,15-16H2,1-5H3/p+1/t25-/m1/s1. The summed E-state index contributed by atoms with van der Waals surface area (Å²) < 4.78 is 14.5. The molecule has 2 aliphatic rings. The van der Waals surface area contributed by atoms with E-state index in [2.05, 4.69) is 33.6 Å². The zero-order valence-electron chi connectivity index (χ0n) is 22.1. The number of carbonyl (C=O) groups excluding carboxylic acids is 1. The van der Waals surface area contributed by atoms with Gasteiger partial charge in [-0.25, -0.2) is 4.79 Å². The first kappa shape index (κ1) is 27.5. The SMILES string of the molecule is CC1=[N+](C(=O)OC(C)(C)C)CCN(C[C@@H](Oc2cc(C)c(I)cc2C(=O)O)c2ccc(C3CC3)cn2)C1. The van der Waals surface area contributed by atoms with Crippen molar-refractivity contribution < 1.29 is 28.7 Å². The van der Waals surface area contributed by atoms with Gasteiger partial charge in [0, 0.05) is 23.2 Å². The minimum atomic E-state index is -1.03. The molecular weight excluding hydrogens is 585 g/mol. The molecule has 9 heteroatoms. The highest BCUT2D eigenvalue weighted by atomic mass is 127. The maximum Gasteiger partial charge on any atom is 0.596 e. The fourth-order valence-corrected chi connectivity index (χ4v) is 4.87. The Morgan fingerprint density at radius 3 is 2.54 bits per heavy atom. The van der Waals surface area contributed by atoms with Crippen molar-refractivity contribution in [2.75, 3.05) is 26.2 Å². The molecule has 1 aromatic carbocycles. The molecule has 1 aliphatic carbocycles. The molecule has 1 N–H and O–H groups in total. The van der Waals surface area contributed by atoms with Crippen molar-refractivity contribution in [2.45, 2.75) is 65.1 Å². The summed E-state index contributed by atoms with van der Waals surface area (Å²) in [5.74, 6) is -0.105. The van der Waals surface area contributed by atoms with Crippen LogP contribution >= 0.6 is 22.6 Å². The zero-order valence-corrected chi connectivity index (χ0v) is 24.2. The van der Waals surface area contributed by atoms with Gasteiger partial charge < -0.3 is 14.6 Å². The molecule has 198 valence electrons. The molecule has 1 fully saturated rings. The molecule has 0 bridgehead atoms. The Hall–Kier alpha value is -2.53. The molecule has 2 heterocycles. The molecule has 0 radical (unpaired) electrons. The second-order valence-electron chi connectivity index (χ2n) is 10.9. The van der Waals surface area contributed by atoms with E-state index in [-0.39, 0.29) is 11.7 Å². The third-order valence-electron chi connectivity index (χ3n) is 6.54. The number of aromatic nitrogens is 1. The maximum absolute atomic E-state index is 12.6. The molecule has 0 saturated heterocycles. The van der Waals surface area contributed by atoms with Gasteiger partial charge in [0.1, 0.15) is 16.9 Å². The summed E-state index contributed by atoms with van der Waals surface area (Å²) in [6.07, 6.45) is 3.49. The number of ether oxygens (including phenoxy) is 2. The van der Waals surface area contributed by atoms with Crippen LogP contribution in [0.3, 0.4) is 0 Å². The van der Waals surface area contributed by atoms with E-state index in [9.17, 15) is 14.7 Å². The van der Waals surface area contributed by atoms with E-state index < -0.39 is 17.7 Å². The van der Waals surface area contributed by atoms with Crippen LogP contribution < -0.4 is 4.74 Å². The number of hydrogen-bond acceptors (Lipinski definition) is 6. The third-order valence-corrected chi connectivity index (χ3v) is 7.70. The highest BCUT2D eigenvalue weighted by Crippen LogP contribution is 2.40. The number of amides is 1. The normalized spacial score (nSPS) is 17.5. The van der Waals surface area contributed by atoms with Gasteiger partial charge in [-0.2, -0.15) is 4.79 Å². The number of aromatic carboxylic acids is 1. The molecule has 1 aromatic heterocycles. The van der Waals surface area contributed by atoms with Crippen LogP contribution in [0.5, 0.6) is 5.75 Å². The Bertz CT molecular complexity index is 1220. The van der Waals surface area contributed by atoms with Gasteiger partial charge in [0.15, 0.2) is 18.4 Å². The van der Waals surface area contributed by atoms with Gasteiger partial charge >= 0.3 is 12.1 Å². The fraction of sp³-hybridized carbons (Fsp3) is 0.500. The second kappa shape index (κ2) is 11.1. The van der Waals surface area contributed by atoms with Crippen molar-refractivity contribution in [3.63, 3.8) is 0 Å². The van der Waals surface area contributed by atoms with Crippen LogP contribution in [0.25, 0.3) is 0 Å². The summed E-state index contributed by atoms with van der Waals surface area (Å²) >= 11 is 2.14. The topological polar surface area (TPSA) is 92.0 Å². The number of halogens is 1. The van der Waals surface area contributed by atoms with Crippen molar-refractivity contribution in [3.8, 4) is 5.75 Å². The predicted octanol–water partition coefficient (Wildman–Crippen LogP) is 5.41. The lowest BCUT2D eigenvalue weighted by Gasteiger charge is -2.29. The van der Waals surface area contributed by atoms with E-state index in [1.165, 1.54) is 18.4 Å². The minimum Gasteiger partial charge on any atom is -0.482 e. The summed E-state index contributed by atoms with van der Waals surface area (Å²) in [6.45, 7) is 11.6. The number of carbonyl (C=O) groups is 2. The maximum atomic E-state index is 12.6. The van der Waals surface area contributed by atoms with Crippen molar-refractivity contribution in [2.24, 2.45) is 0 Å². The van der Waals surface area contributed by atoms with E-state index in [1.807, 2.05) is 46.9 Å². The lowest BCUT2D eigenvalue weighted by Crippen LogP contribution is -2.48. The van der Waals surface area contributed by atoms with Crippen LogP contribution in [0.1, 0.15) is 79.7 Å². The quantitative estimate of drug-likeness (QED) is 0.327. The summed E-state index contributed by atoms with van der Waals surface area (Å²) in [5.41, 5.74) is 3.41. The van der Waals surface area contributed by atoms with Gasteiger partial charge in [0.05, 0.1) is 18.8 Å². The molecule has 8 nitrogen and oxygen atoms in total. The summed E-state index contributed by atoms with van der Waals surface area (Å²) in [7, 11) is 0. The van der Waals surface area contributed by atoms with Crippen LogP contribution in [0.4, 0.5) is 4.79 Å². The average Bonchev–Trinajstić information content (AvgIpc) is 3.65. The van der Waals surface area contributed by atoms with Gasteiger partial charge in [-0.1, -0.05) is 6.07 Å². The zero-order chi connectivity index (χ0) is 26.9. The molecule has 1 saturated carbocycles. The van der Waals surface area contributed by atoms with E-state index in [0.29, 0.717) is 37.8 Å². The van der Waals surface area contributed by atoms with E-state index in [0.717, 1.165) is 20.5 Å². The molecular formula is C28H35IN3O5+. The predicted molar refractivity (Wildman–Crippen MR) is 149 cm³/mol. The van der Waals surface area contributed by atoms with Crippen LogP contribution in [0, 0.1) is 10.5 Å². The Labute approximate surface area is 231 Å². The molecule has 1 aliphatic heterocycles. The first-order valence-corrected chi connectivity index (χ1v) is 13.7. The molecule has 2 aromatic rings. The molecule has 1 amide bonds. The van der Waals surface area contributed by atoms with Crippen molar-refractivity contribution in [3.05, 3.63) is 56.4 Å². The number of hydrogen-bond donors (Lipinski definition) is 1. The van der Waals surface area contributed by atoms with Crippen molar-refractivity contribution in [1.29, 1.82) is 0 Å². The Morgan fingerprint density at radius 2 is 1.97 bits per heavy atom. The van der Waals surface area contributed by atoms with E-state index >= 15 is 0 Å². The Kier molecular flexibility index (Phi) is 8.23. The number of aryl methyl sites for hydroxylation is 1. The first-order chi connectivity index (χ1) is 17.4. The third kappa shape index (κ3) is 7.07. The first-order valence-electron chi connectivity index (χ1n) is 12.6. The number of carboxylic acids is 1. The molecule has 37 heavy (non-hydrogen) atoms. The second-order valence-corrected chi connectivity index (χ2v) is 12.1. The highest BCUT2D eigenvalue weighted by Gasteiger charge is 2.34. The number of benzene rings is 1. The lowest BCUT2D eigenvalue weighted by molar-refractivity contribution is -0.458. The summed E-state index contributed by atoms with van der Waals surface area (Å²) in [5, 5.41) is 9.82. The highest BCUT2D eigenvalue weighted by molar-refractivity contribution is 14.1. The van der Waals surface area contributed by atoms with Crippen LogP contribution in [-0.4, -0.2) is 69.1 Å². The van der Waals surface area contributed by atoms with E-state index in [1.54, 1.807) is 16.7 Å². The molecule has 0 unspecified atom stereocenters. The van der Waals surface area contributed by atoms with Crippen molar-refractivity contribution >= 4 is 40.4 Å². The van der Waals surface area contributed by atoms with Crippen LogP contribution in [0.2, 0.25) is 0 Å². The monoisotopic (exact) mass is 620 g/mol. The number of carboxylic acid groups (broad SMARTS) is 1. The average molecular weight is 621 g/mol. The van der Waals surface area contributed by atoms with Gasteiger partial charge in [-0.3, -0.25) is 9.88 Å². The minimum absolute atomic E-state index is 0.132. The molecule has 0 spiro atoms. The van der Waals surface area contributed by atoms with Gasteiger partial charge in [0.25, 0.3) is 0 Å². The van der Waals surface area contributed by atoms with E-state index in [4.69, 9.17) is 14.5 Å².